The summed E-state index contributed by atoms with van der Waals surface area (Å²) in [6, 6.07) is 17.7. The van der Waals surface area contributed by atoms with Crippen molar-refractivity contribution in [1.82, 2.24) is 25.2 Å². The van der Waals surface area contributed by atoms with E-state index in [1.54, 1.807) is 18.0 Å². The van der Waals surface area contributed by atoms with E-state index in [-0.39, 0.29) is 12.5 Å². The molecular weight excluding hydrogens is 496 g/mol. The van der Waals surface area contributed by atoms with Gasteiger partial charge in [0, 0.05) is 54.8 Å². The van der Waals surface area contributed by atoms with Gasteiger partial charge in [-0.15, -0.1) is 11.8 Å². The maximum absolute atomic E-state index is 12.7. The van der Waals surface area contributed by atoms with Crippen molar-refractivity contribution in [2.75, 3.05) is 50.5 Å². The Morgan fingerprint density at radius 2 is 1.84 bits per heavy atom. The van der Waals surface area contributed by atoms with Crippen LogP contribution in [0.1, 0.15) is 21.6 Å². The molecule has 8 nitrogen and oxygen atoms in total. The first-order valence-electron chi connectivity index (χ1n) is 12.8. The largest absolute Gasteiger partial charge is 0.395 e. The van der Waals surface area contributed by atoms with Crippen LogP contribution in [0.5, 0.6) is 0 Å². The second kappa shape index (κ2) is 11.9. The summed E-state index contributed by atoms with van der Waals surface area (Å²) < 4.78 is 0. The lowest BCUT2D eigenvalue weighted by molar-refractivity contribution is 0.0950. The zero-order valence-electron chi connectivity index (χ0n) is 21.7. The van der Waals surface area contributed by atoms with Gasteiger partial charge in [0.15, 0.2) is 0 Å². The third kappa shape index (κ3) is 5.96. The summed E-state index contributed by atoms with van der Waals surface area (Å²) in [6.45, 7) is 6.85. The van der Waals surface area contributed by atoms with Crippen LogP contribution in [0.15, 0.2) is 65.7 Å². The molecule has 38 heavy (non-hydrogen) atoms. The average Bonchev–Trinajstić information content (AvgIpc) is 2.96. The molecule has 0 aliphatic carbocycles. The van der Waals surface area contributed by atoms with Gasteiger partial charge in [-0.2, -0.15) is 0 Å². The molecule has 0 bridgehead atoms. The van der Waals surface area contributed by atoms with Gasteiger partial charge in [0.1, 0.15) is 5.82 Å². The van der Waals surface area contributed by atoms with E-state index in [0.29, 0.717) is 18.7 Å². The fourth-order valence-corrected chi connectivity index (χ4v) is 5.25. The van der Waals surface area contributed by atoms with Crippen LogP contribution in [0.25, 0.3) is 22.3 Å². The Morgan fingerprint density at radius 1 is 1.03 bits per heavy atom. The van der Waals surface area contributed by atoms with Crippen LogP contribution in [0.4, 0.5) is 5.82 Å². The van der Waals surface area contributed by atoms with Crippen molar-refractivity contribution < 1.29 is 9.90 Å². The summed E-state index contributed by atoms with van der Waals surface area (Å²) in [5.74, 6) is 0.814. The van der Waals surface area contributed by atoms with Gasteiger partial charge in [-0.25, -0.2) is 9.97 Å². The summed E-state index contributed by atoms with van der Waals surface area (Å²) in [5, 5.41) is 13.1. The number of nitrogens with one attached hydrogen (secondary N) is 1. The lowest BCUT2D eigenvalue weighted by Crippen LogP contribution is -2.47. The number of β-amino-alcohol motifs (C(OH)–C–C–N with tert-alkyl or cyclic N) is 1. The number of aryl methyl sites for hydroxylation is 1. The van der Waals surface area contributed by atoms with Gasteiger partial charge in [0.05, 0.1) is 35.8 Å². The van der Waals surface area contributed by atoms with Crippen LogP contribution in [0, 0.1) is 6.92 Å². The minimum absolute atomic E-state index is 0.123. The van der Waals surface area contributed by atoms with E-state index in [9.17, 15) is 9.90 Å². The second-order valence-corrected chi connectivity index (χ2v) is 10.2. The molecule has 1 amide bonds. The number of fused-ring (bicyclic) bond motifs is 1. The van der Waals surface area contributed by atoms with E-state index in [1.165, 1.54) is 0 Å². The molecule has 1 aromatic carbocycles. The lowest BCUT2D eigenvalue weighted by Gasteiger charge is -2.35. The highest BCUT2D eigenvalue weighted by atomic mass is 32.2. The van der Waals surface area contributed by atoms with Gasteiger partial charge in [0.25, 0.3) is 5.91 Å². The molecule has 0 unspecified atom stereocenters. The Balaban J connectivity index is 1.30. The van der Waals surface area contributed by atoms with Crippen molar-refractivity contribution in [2.24, 2.45) is 0 Å². The number of amides is 1. The normalized spacial score (nSPS) is 14.1. The molecule has 0 atom stereocenters. The third-order valence-corrected chi connectivity index (χ3v) is 7.72. The first-order chi connectivity index (χ1) is 18.5. The number of nitrogens with zero attached hydrogens (tertiary/aromatic N) is 5. The number of rotatable bonds is 8. The molecule has 5 rings (SSSR count). The molecule has 4 aromatic rings. The quantitative estimate of drug-likeness (QED) is 0.334. The molecule has 196 valence electrons. The van der Waals surface area contributed by atoms with Crippen LogP contribution in [0.3, 0.4) is 0 Å². The number of aliphatic hydroxyl groups excluding tert-OH is 1. The molecule has 1 saturated heterocycles. The number of aliphatic hydroxyl groups is 1. The zero-order valence-corrected chi connectivity index (χ0v) is 22.5. The van der Waals surface area contributed by atoms with Crippen molar-refractivity contribution in [1.29, 1.82) is 0 Å². The second-order valence-electron chi connectivity index (χ2n) is 9.37. The Bertz CT molecular complexity index is 1440. The van der Waals surface area contributed by atoms with E-state index in [1.807, 2.05) is 67.8 Å². The van der Waals surface area contributed by atoms with Crippen LogP contribution < -0.4 is 10.2 Å². The number of piperazine rings is 1. The SMILES string of the molecule is CSc1cc(C(=O)NCc2cc3nc(-c4cccc(N5CCN(CCO)CC5)n4)ccc3cn2)ccc1C. The van der Waals surface area contributed by atoms with Crippen molar-refractivity contribution in [3.8, 4) is 11.4 Å². The lowest BCUT2D eigenvalue weighted by atomic mass is 10.1. The Hall–Kier alpha value is -3.53. The van der Waals surface area contributed by atoms with Crippen LogP contribution in [0.2, 0.25) is 0 Å². The molecule has 1 fully saturated rings. The number of carbonyl (C=O) groups excluding carboxylic acids is 1. The number of hydrogen-bond acceptors (Lipinski definition) is 8. The molecular formula is C29H32N6O2S. The number of carbonyl (C=O) groups is 1. The Morgan fingerprint density at radius 3 is 2.63 bits per heavy atom. The zero-order chi connectivity index (χ0) is 26.5. The van der Waals surface area contributed by atoms with Gasteiger partial charge in [-0.3, -0.25) is 14.7 Å². The van der Waals surface area contributed by atoms with E-state index < -0.39 is 0 Å². The summed E-state index contributed by atoms with van der Waals surface area (Å²) in [4.78, 5) is 32.7. The third-order valence-electron chi connectivity index (χ3n) is 6.84. The van der Waals surface area contributed by atoms with Crippen molar-refractivity contribution >= 4 is 34.4 Å². The summed E-state index contributed by atoms with van der Waals surface area (Å²) in [6.07, 6.45) is 3.80. The first kappa shape index (κ1) is 26.1. The van der Waals surface area contributed by atoms with Gasteiger partial charge < -0.3 is 15.3 Å². The minimum atomic E-state index is -0.123. The summed E-state index contributed by atoms with van der Waals surface area (Å²) in [7, 11) is 0. The molecule has 1 aliphatic rings. The van der Waals surface area contributed by atoms with E-state index in [2.05, 4.69) is 20.1 Å². The fourth-order valence-electron chi connectivity index (χ4n) is 4.62. The van der Waals surface area contributed by atoms with Crippen LogP contribution >= 0.6 is 11.8 Å². The molecule has 3 aromatic heterocycles. The summed E-state index contributed by atoms with van der Waals surface area (Å²) >= 11 is 1.63. The smallest absolute Gasteiger partial charge is 0.251 e. The standard InChI is InChI=1S/C29H32N6O2S/c1-20-6-7-21(16-27(20)38-2)29(37)31-19-23-17-26-22(18-30-23)8-9-25(32-26)24-4-3-5-28(33-24)35-12-10-34(11-13-35)14-15-36/h3-9,16-18,36H,10-15,19H2,1-2H3,(H,31,37). The van der Waals surface area contributed by atoms with Crippen molar-refractivity contribution in [3.05, 3.63) is 77.6 Å². The van der Waals surface area contributed by atoms with Crippen LogP contribution in [-0.4, -0.2) is 76.5 Å². The fraction of sp³-hybridized carbons (Fsp3) is 0.310. The van der Waals surface area contributed by atoms with Crippen molar-refractivity contribution in [3.63, 3.8) is 0 Å². The molecule has 2 N–H and O–H groups in total. The molecule has 0 saturated carbocycles. The van der Waals surface area contributed by atoms with Gasteiger partial charge in [-0.05, 0) is 61.2 Å². The molecule has 0 radical (unpaired) electrons. The predicted octanol–water partition coefficient (Wildman–Crippen LogP) is 3.77. The van der Waals surface area contributed by atoms with Gasteiger partial charge in [-0.1, -0.05) is 12.1 Å². The Labute approximate surface area is 227 Å². The number of pyridine rings is 3. The van der Waals surface area contributed by atoms with E-state index >= 15 is 0 Å². The highest BCUT2D eigenvalue weighted by Gasteiger charge is 2.18. The maximum atomic E-state index is 12.7. The topological polar surface area (TPSA) is 94.5 Å². The van der Waals surface area contributed by atoms with Gasteiger partial charge in [0.2, 0.25) is 0 Å². The highest BCUT2D eigenvalue weighted by molar-refractivity contribution is 7.98. The number of aromatic nitrogens is 3. The average molecular weight is 529 g/mol. The molecule has 0 spiro atoms. The van der Waals surface area contributed by atoms with Crippen molar-refractivity contribution in [2.45, 2.75) is 18.4 Å². The predicted molar refractivity (Wildman–Crippen MR) is 153 cm³/mol. The van der Waals surface area contributed by atoms with Gasteiger partial charge >= 0.3 is 0 Å². The van der Waals surface area contributed by atoms with E-state index in [0.717, 1.165) is 70.4 Å². The first-order valence-corrected chi connectivity index (χ1v) is 14.0. The maximum Gasteiger partial charge on any atom is 0.251 e. The number of anilines is 1. The number of benzene rings is 1. The Kier molecular flexibility index (Phi) is 8.17. The summed E-state index contributed by atoms with van der Waals surface area (Å²) in [5.41, 5.74) is 4.97. The number of hydrogen-bond donors (Lipinski definition) is 2. The molecule has 4 heterocycles. The molecule has 9 heteroatoms. The van der Waals surface area contributed by atoms with Crippen LogP contribution in [-0.2, 0) is 6.54 Å². The minimum Gasteiger partial charge on any atom is -0.395 e. The highest BCUT2D eigenvalue weighted by Crippen LogP contribution is 2.24. The number of thioether (sulfide) groups is 1. The monoisotopic (exact) mass is 528 g/mol. The molecule has 1 aliphatic heterocycles. The van der Waals surface area contributed by atoms with E-state index in [4.69, 9.17) is 9.97 Å².